The topological polar surface area (TPSA) is 78.2 Å². The van der Waals surface area contributed by atoms with Crippen molar-refractivity contribution in [3.8, 4) is 6.07 Å². The van der Waals surface area contributed by atoms with Crippen LogP contribution in [0.1, 0.15) is 32.7 Å². The second-order valence-corrected chi connectivity index (χ2v) is 5.53. The van der Waals surface area contributed by atoms with Crippen LogP contribution in [0.5, 0.6) is 0 Å². The summed E-state index contributed by atoms with van der Waals surface area (Å²) in [6, 6.07) is 16.5. The molecular formula is C19H14N2O3. The second kappa shape index (κ2) is 6.47. The molecule has 2 aromatic carbocycles. The quantitative estimate of drug-likeness (QED) is 0.793. The number of carbonyl (C=O) groups excluding carboxylic acids is 3. The molecule has 1 atom stereocenters. The molecule has 0 spiro atoms. The predicted octanol–water partition coefficient (Wildman–Crippen LogP) is 2.38. The molecule has 1 unspecified atom stereocenters. The van der Waals surface area contributed by atoms with Crippen LogP contribution in [-0.4, -0.2) is 28.5 Å². The number of ketones is 1. The zero-order chi connectivity index (χ0) is 17.1. The molecule has 2 amide bonds. The summed E-state index contributed by atoms with van der Waals surface area (Å²) in [6.45, 7) is 0. The average molecular weight is 318 g/mol. The molecular weight excluding hydrogens is 304 g/mol. The zero-order valence-electron chi connectivity index (χ0n) is 12.8. The van der Waals surface area contributed by atoms with Crippen molar-refractivity contribution in [2.24, 2.45) is 0 Å². The van der Waals surface area contributed by atoms with Crippen molar-refractivity contribution in [1.82, 2.24) is 4.90 Å². The van der Waals surface area contributed by atoms with E-state index in [1.165, 1.54) is 0 Å². The number of fused-ring (bicyclic) bond motifs is 1. The van der Waals surface area contributed by atoms with E-state index in [1.54, 1.807) is 24.3 Å². The molecule has 2 aromatic rings. The maximum atomic E-state index is 12.6. The van der Waals surface area contributed by atoms with Crippen LogP contribution in [0.4, 0.5) is 0 Å². The van der Waals surface area contributed by atoms with Gasteiger partial charge in [-0.3, -0.25) is 19.3 Å². The molecule has 0 fully saturated rings. The van der Waals surface area contributed by atoms with Crippen molar-refractivity contribution < 1.29 is 14.4 Å². The minimum Gasteiger partial charge on any atom is -0.296 e. The maximum absolute atomic E-state index is 12.6. The zero-order valence-corrected chi connectivity index (χ0v) is 12.8. The molecule has 1 aliphatic heterocycles. The van der Waals surface area contributed by atoms with Gasteiger partial charge in [0.2, 0.25) is 0 Å². The molecule has 1 aliphatic rings. The van der Waals surface area contributed by atoms with Crippen molar-refractivity contribution in [3.05, 3.63) is 71.3 Å². The van der Waals surface area contributed by atoms with Gasteiger partial charge < -0.3 is 0 Å². The largest absolute Gasteiger partial charge is 0.296 e. The first-order valence-corrected chi connectivity index (χ1v) is 7.54. The highest BCUT2D eigenvalue weighted by Gasteiger charge is 2.42. The molecule has 0 aliphatic carbocycles. The summed E-state index contributed by atoms with van der Waals surface area (Å²) < 4.78 is 0. The Bertz CT molecular complexity index is 817. The van der Waals surface area contributed by atoms with Gasteiger partial charge in [0.25, 0.3) is 11.8 Å². The van der Waals surface area contributed by atoms with Crippen LogP contribution in [0.2, 0.25) is 0 Å². The van der Waals surface area contributed by atoms with E-state index in [1.807, 2.05) is 36.4 Å². The van der Waals surface area contributed by atoms with Crippen LogP contribution in [0.25, 0.3) is 0 Å². The lowest BCUT2D eigenvalue weighted by atomic mass is 9.99. The number of Topliss-reactive ketones (excluding diaryl/α,β-unsaturated/α-hetero) is 1. The van der Waals surface area contributed by atoms with Crippen LogP contribution >= 0.6 is 0 Å². The Morgan fingerprint density at radius 1 is 0.958 bits per heavy atom. The Morgan fingerprint density at radius 2 is 1.50 bits per heavy atom. The fraction of sp³-hybridized carbons (Fsp3) is 0.158. The number of hydrogen-bond donors (Lipinski definition) is 0. The summed E-state index contributed by atoms with van der Waals surface area (Å²) in [5, 5.41) is 8.84. The average Bonchev–Trinajstić information content (AvgIpc) is 2.86. The molecule has 0 N–H and O–H groups in total. The van der Waals surface area contributed by atoms with E-state index >= 15 is 0 Å². The molecule has 118 valence electrons. The number of rotatable bonds is 5. The third-order valence-corrected chi connectivity index (χ3v) is 4.03. The second-order valence-electron chi connectivity index (χ2n) is 5.53. The molecule has 0 radical (unpaired) electrons. The van der Waals surface area contributed by atoms with E-state index in [0.717, 1.165) is 10.5 Å². The normalized spacial score (nSPS) is 14.2. The molecule has 0 saturated heterocycles. The Balaban J connectivity index is 1.98. The number of carbonyl (C=O) groups is 3. The molecule has 24 heavy (non-hydrogen) atoms. The van der Waals surface area contributed by atoms with Gasteiger partial charge in [0.05, 0.1) is 23.6 Å². The Hall–Kier alpha value is -3.26. The smallest absolute Gasteiger partial charge is 0.262 e. The van der Waals surface area contributed by atoms with Crippen molar-refractivity contribution in [2.75, 3.05) is 0 Å². The predicted molar refractivity (Wildman–Crippen MR) is 86.1 cm³/mol. The first kappa shape index (κ1) is 15.6. The number of imide groups is 1. The van der Waals surface area contributed by atoms with E-state index in [0.29, 0.717) is 11.1 Å². The Labute approximate surface area is 139 Å². The fourth-order valence-electron chi connectivity index (χ4n) is 2.87. The molecule has 3 rings (SSSR count). The summed E-state index contributed by atoms with van der Waals surface area (Å²) in [4.78, 5) is 38.6. The first-order valence-electron chi connectivity index (χ1n) is 7.54. The number of amides is 2. The summed E-state index contributed by atoms with van der Waals surface area (Å²) in [5.74, 6) is -1.40. The Morgan fingerprint density at radius 3 is 2.04 bits per heavy atom. The van der Waals surface area contributed by atoms with Crippen LogP contribution < -0.4 is 0 Å². The summed E-state index contributed by atoms with van der Waals surface area (Å²) in [7, 11) is 0. The number of benzene rings is 2. The van der Waals surface area contributed by atoms with Crippen molar-refractivity contribution >= 4 is 17.6 Å². The standard InChI is InChI=1S/C19H14N2O3/c20-11-10-17(22)16(12-13-6-2-1-3-7-13)21-18(23)14-8-4-5-9-15(14)19(21)24/h1-9,16H,10,12H2. The lowest BCUT2D eigenvalue weighted by Crippen LogP contribution is -2.46. The lowest BCUT2D eigenvalue weighted by molar-refractivity contribution is -0.121. The van der Waals surface area contributed by atoms with Gasteiger partial charge in [-0.1, -0.05) is 42.5 Å². The van der Waals surface area contributed by atoms with Gasteiger partial charge >= 0.3 is 0 Å². The maximum Gasteiger partial charge on any atom is 0.262 e. The first-order chi connectivity index (χ1) is 11.6. The molecule has 0 bridgehead atoms. The SMILES string of the molecule is N#CCC(=O)C(Cc1ccccc1)N1C(=O)c2ccccc2C1=O. The highest BCUT2D eigenvalue weighted by molar-refractivity contribution is 6.23. The van der Waals surface area contributed by atoms with E-state index in [2.05, 4.69) is 0 Å². The molecule has 5 nitrogen and oxygen atoms in total. The van der Waals surface area contributed by atoms with Crippen molar-refractivity contribution in [1.29, 1.82) is 5.26 Å². The third kappa shape index (κ3) is 2.70. The lowest BCUT2D eigenvalue weighted by Gasteiger charge is -2.24. The summed E-state index contributed by atoms with van der Waals surface area (Å²) in [6.07, 6.45) is -0.141. The summed E-state index contributed by atoms with van der Waals surface area (Å²) in [5.41, 5.74) is 1.42. The molecule has 5 heteroatoms. The van der Waals surface area contributed by atoms with E-state index in [9.17, 15) is 14.4 Å². The van der Waals surface area contributed by atoms with Gasteiger partial charge in [-0.05, 0) is 17.7 Å². The van der Waals surface area contributed by atoms with Gasteiger partial charge in [-0.2, -0.15) is 5.26 Å². The van der Waals surface area contributed by atoms with Gasteiger partial charge in [0, 0.05) is 6.42 Å². The molecule has 0 saturated carbocycles. The van der Waals surface area contributed by atoms with E-state index in [4.69, 9.17) is 5.26 Å². The van der Waals surface area contributed by atoms with Crippen molar-refractivity contribution in [2.45, 2.75) is 18.9 Å². The van der Waals surface area contributed by atoms with Gasteiger partial charge in [-0.15, -0.1) is 0 Å². The number of nitriles is 1. The fourth-order valence-corrected chi connectivity index (χ4v) is 2.87. The van der Waals surface area contributed by atoms with Crippen molar-refractivity contribution in [3.63, 3.8) is 0 Å². The number of nitrogens with zero attached hydrogens (tertiary/aromatic N) is 2. The van der Waals surface area contributed by atoms with Crippen LogP contribution in [0.3, 0.4) is 0 Å². The van der Waals surface area contributed by atoms with E-state index in [-0.39, 0.29) is 12.8 Å². The highest BCUT2D eigenvalue weighted by Crippen LogP contribution is 2.26. The molecule has 0 aromatic heterocycles. The van der Waals surface area contributed by atoms with Crippen LogP contribution in [-0.2, 0) is 11.2 Å². The Kier molecular flexibility index (Phi) is 4.21. The third-order valence-electron chi connectivity index (χ3n) is 4.03. The monoisotopic (exact) mass is 318 g/mol. The molecule has 1 heterocycles. The minimum absolute atomic E-state index is 0.201. The van der Waals surface area contributed by atoms with Gasteiger partial charge in [-0.25, -0.2) is 0 Å². The van der Waals surface area contributed by atoms with Crippen LogP contribution in [0.15, 0.2) is 54.6 Å². The van der Waals surface area contributed by atoms with E-state index < -0.39 is 23.6 Å². The minimum atomic E-state index is -0.973. The van der Waals surface area contributed by atoms with Gasteiger partial charge in [0.15, 0.2) is 5.78 Å². The highest BCUT2D eigenvalue weighted by atomic mass is 16.2. The summed E-state index contributed by atoms with van der Waals surface area (Å²) >= 11 is 0. The number of hydrogen-bond acceptors (Lipinski definition) is 4. The van der Waals surface area contributed by atoms with Crippen LogP contribution in [0, 0.1) is 11.3 Å². The van der Waals surface area contributed by atoms with Gasteiger partial charge in [0.1, 0.15) is 6.04 Å².